The lowest BCUT2D eigenvalue weighted by molar-refractivity contribution is 0.223. The van der Waals surface area contributed by atoms with Crippen molar-refractivity contribution in [1.29, 1.82) is 0 Å². The molecule has 0 heterocycles. The van der Waals surface area contributed by atoms with Crippen molar-refractivity contribution >= 4 is 0 Å². The van der Waals surface area contributed by atoms with Crippen LogP contribution in [0.15, 0.2) is 24.3 Å². The molecule has 2 N–H and O–H groups in total. The van der Waals surface area contributed by atoms with Gasteiger partial charge in [-0.15, -0.1) is 0 Å². The Morgan fingerprint density at radius 2 is 1.89 bits per heavy atom. The second kappa shape index (κ2) is 5.75. The third kappa shape index (κ3) is 2.69. The maximum Gasteiger partial charge on any atom is 0.124 e. The Bertz CT molecular complexity index is 380. The lowest BCUT2D eigenvalue weighted by atomic mass is 9.72. The van der Waals surface area contributed by atoms with Gasteiger partial charge in [0.05, 0.1) is 6.61 Å². The van der Waals surface area contributed by atoms with Gasteiger partial charge in [0.2, 0.25) is 0 Å². The smallest absolute Gasteiger partial charge is 0.124 e. The molecule has 18 heavy (non-hydrogen) atoms. The minimum absolute atomic E-state index is 0.183. The standard InChI is InChI=1S/C16H25NO/c1-3-13-9-11-16(17,12-10-13)14-7-5-6-8-15(14)18-4-2/h5-8,13H,3-4,9-12,17H2,1-2H3. The first-order valence-corrected chi connectivity index (χ1v) is 7.20. The molecule has 0 aliphatic heterocycles. The summed E-state index contributed by atoms with van der Waals surface area (Å²) in [5.74, 6) is 1.83. The van der Waals surface area contributed by atoms with Crippen molar-refractivity contribution in [1.82, 2.24) is 0 Å². The van der Waals surface area contributed by atoms with Gasteiger partial charge in [0.1, 0.15) is 5.75 Å². The first-order valence-electron chi connectivity index (χ1n) is 7.20. The van der Waals surface area contributed by atoms with E-state index in [0.717, 1.165) is 24.5 Å². The lowest BCUT2D eigenvalue weighted by Gasteiger charge is -2.38. The van der Waals surface area contributed by atoms with E-state index in [1.165, 1.54) is 24.8 Å². The molecule has 100 valence electrons. The van der Waals surface area contributed by atoms with Crippen LogP contribution in [0.5, 0.6) is 5.75 Å². The van der Waals surface area contributed by atoms with E-state index in [9.17, 15) is 0 Å². The number of benzene rings is 1. The second-order valence-corrected chi connectivity index (χ2v) is 5.44. The van der Waals surface area contributed by atoms with E-state index in [-0.39, 0.29) is 5.54 Å². The van der Waals surface area contributed by atoms with Crippen molar-refractivity contribution in [3.05, 3.63) is 29.8 Å². The van der Waals surface area contributed by atoms with Crippen LogP contribution >= 0.6 is 0 Å². The van der Waals surface area contributed by atoms with E-state index in [1.54, 1.807) is 0 Å². The molecule has 0 atom stereocenters. The largest absolute Gasteiger partial charge is 0.494 e. The van der Waals surface area contributed by atoms with E-state index in [2.05, 4.69) is 19.1 Å². The summed E-state index contributed by atoms with van der Waals surface area (Å²) >= 11 is 0. The molecule has 1 aliphatic rings. The van der Waals surface area contributed by atoms with Crippen molar-refractivity contribution in [3.63, 3.8) is 0 Å². The van der Waals surface area contributed by atoms with Crippen LogP contribution in [0.4, 0.5) is 0 Å². The molecular weight excluding hydrogens is 222 g/mol. The molecule has 0 saturated heterocycles. The zero-order chi connectivity index (χ0) is 13.0. The molecule has 1 aromatic carbocycles. The molecule has 0 unspecified atom stereocenters. The van der Waals surface area contributed by atoms with Gasteiger partial charge in [-0.2, -0.15) is 0 Å². The summed E-state index contributed by atoms with van der Waals surface area (Å²) < 4.78 is 5.73. The van der Waals surface area contributed by atoms with Crippen LogP contribution < -0.4 is 10.5 Å². The highest BCUT2D eigenvalue weighted by Gasteiger charge is 2.34. The van der Waals surface area contributed by atoms with Crippen LogP contribution in [0, 0.1) is 5.92 Å². The topological polar surface area (TPSA) is 35.2 Å². The van der Waals surface area contributed by atoms with Gasteiger partial charge < -0.3 is 10.5 Å². The molecule has 2 heteroatoms. The van der Waals surface area contributed by atoms with Crippen LogP contribution in [-0.2, 0) is 5.54 Å². The minimum Gasteiger partial charge on any atom is -0.494 e. The number of rotatable bonds is 4. The Morgan fingerprint density at radius 1 is 1.22 bits per heavy atom. The van der Waals surface area contributed by atoms with Crippen LogP contribution in [-0.4, -0.2) is 6.61 Å². The van der Waals surface area contributed by atoms with Crippen LogP contribution in [0.25, 0.3) is 0 Å². The second-order valence-electron chi connectivity index (χ2n) is 5.44. The summed E-state index contributed by atoms with van der Waals surface area (Å²) in [5, 5.41) is 0. The highest BCUT2D eigenvalue weighted by molar-refractivity contribution is 5.39. The van der Waals surface area contributed by atoms with Crippen molar-refractivity contribution in [2.24, 2.45) is 11.7 Å². The van der Waals surface area contributed by atoms with Gasteiger partial charge >= 0.3 is 0 Å². The maximum absolute atomic E-state index is 6.65. The minimum atomic E-state index is -0.183. The lowest BCUT2D eigenvalue weighted by Crippen LogP contribution is -2.40. The predicted molar refractivity (Wildman–Crippen MR) is 75.7 cm³/mol. The molecule has 1 fully saturated rings. The van der Waals surface area contributed by atoms with Gasteiger partial charge in [0.15, 0.2) is 0 Å². The Morgan fingerprint density at radius 3 is 2.50 bits per heavy atom. The zero-order valence-corrected chi connectivity index (χ0v) is 11.6. The van der Waals surface area contributed by atoms with Crippen LogP contribution in [0.3, 0.4) is 0 Å². The molecule has 1 saturated carbocycles. The maximum atomic E-state index is 6.65. The average Bonchev–Trinajstić information content (AvgIpc) is 2.41. The summed E-state index contributed by atoms with van der Waals surface area (Å²) in [4.78, 5) is 0. The first kappa shape index (κ1) is 13.4. The van der Waals surface area contributed by atoms with E-state index >= 15 is 0 Å². The monoisotopic (exact) mass is 247 g/mol. The highest BCUT2D eigenvalue weighted by atomic mass is 16.5. The van der Waals surface area contributed by atoms with Gasteiger partial charge in [-0.25, -0.2) is 0 Å². The molecule has 2 rings (SSSR count). The Kier molecular flexibility index (Phi) is 4.28. The van der Waals surface area contributed by atoms with Gasteiger partial charge in [-0.1, -0.05) is 31.5 Å². The number of hydrogen-bond acceptors (Lipinski definition) is 2. The van der Waals surface area contributed by atoms with E-state index in [0.29, 0.717) is 6.61 Å². The van der Waals surface area contributed by atoms with Crippen LogP contribution in [0.2, 0.25) is 0 Å². The average molecular weight is 247 g/mol. The van der Waals surface area contributed by atoms with Gasteiger partial charge in [-0.05, 0) is 44.6 Å². The van der Waals surface area contributed by atoms with Crippen LogP contribution in [0.1, 0.15) is 51.5 Å². The Labute approximate surface area is 111 Å². The molecule has 0 aromatic heterocycles. The third-order valence-corrected chi connectivity index (χ3v) is 4.30. The summed E-state index contributed by atoms with van der Waals surface area (Å²) in [6.07, 6.45) is 5.93. The summed E-state index contributed by atoms with van der Waals surface area (Å²) in [7, 11) is 0. The molecular formula is C16H25NO. The Balaban J connectivity index is 2.20. The normalized spacial score (nSPS) is 28.1. The van der Waals surface area contributed by atoms with Crippen molar-refractivity contribution < 1.29 is 4.74 Å². The number of hydrogen-bond donors (Lipinski definition) is 1. The molecule has 0 spiro atoms. The molecule has 2 nitrogen and oxygen atoms in total. The quantitative estimate of drug-likeness (QED) is 0.877. The molecule has 0 bridgehead atoms. The summed E-state index contributed by atoms with van der Waals surface area (Å²) in [5.41, 5.74) is 7.66. The third-order valence-electron chi connectivity index (χ3n) is 4.30. The predicted octanol–water partition coefficient (Wildman–Crippen LogP) is 3.84. The zero-order valence-electron chi connectivity index (χ0n) is 11.6. The fraction of sp³-hybridized carbons (Fsp3) is 0.625. The Hall–Kier alpha value is -1.02. The van der Waals surface area contributed by atoms with Crippen molar-refractivity contribution in [2.75, 3.05) is 6.61 Å². The van der Waals surface area contributed by atoms with Crippen molar-refractivity contribution in [3.8, 4) is 5.75 Å². The van der Waals surface area contributed by atoms with Gasteiger partial charge in [0.25, 0.3) is 0 Å². The number of nitrogens with two attached hydrogens (primary N) is 1. The number of ether oxygens (including phenoxy) is 1. The van der Waals surface area contributed by atoms with E-state index < -0.39 is 0 Å². The van der Waals surface area contributed by atoms with Gasteiger partial charge in [-0.3, -0.25) is 0 Å². The SMILES string of the molecule is CCOc1ccccc1C1(N)CCC(CC)CC1. The molecule has 0 radical (unpaired) electrons. The summed E-state index contributed by atoms with van der Waals surface area (Å²) in [6.45, 7) is 5.00. The first-order chi connectivity index (χ1) is 8.69. The summed E-state index contributed by atoms with van der Waals surface area (Å²) in [6, 6.07) is 8.27. The van der Waals surface area contributed by atoms with E-state index in [4.69, 9.17) is 10.5 Å². The fourth-order valence-electron chi connectivity index (χ4n) is 3.03. The van der Waals surface area contributed by atoms with Crippen molar-refractivity contribution in [2.45, 2.75) is 51.5 Å². The molecule has 1 aromatic rings. The molecule has 0 amide bonds. The van der Waals surface area contributed by atoms with E-state index in [1.807, 2.05) is 19.1 Å². The number of para-hydroxylation sites is 1. The highest BCUT2D eigenvalue weighted by Crippen LogP contribution is 2.41. The van der Waals surface area contributed by atoms with Gasteiger partial charge in [0, 0.05) is 11.1 Å². The molecule has 1 aliphatic carbocycles. The fourth-order valence-corrected chi connectivity index (χ4v) is 3.03.